The topological polar surface area (TPSA) is 103 Å². The van der Waals surface area contributed by atoms with Gasteiger partial charge in [0.05, 0.1) is 28.6 Å². The van der Waals surface area contributed by atoms with Crippen LogP contribution in [-0.4, -0.2) is 44.1 Å². The van der Waals surface area contributed by atoms with Gasteiger partial charge in [0.15, 0.2) is 0 Å². The van der Waals surface area contributed by atoms with E-state index in [1.54, 1.807) is 6.20 Å². The van der Waals surface area contributed by atoms with E-state index in [4.69, 9.17) is 4.98 Å². The van der Waals surface area contributed by atoms with Crippen LogP contribution in [0.5, 0.6) is 0 Å². The van der Waals surface area contributed by atoms with E-state index in [0.29, 0.717) is 12.1 Å². The molecule has 1 amide bonds. The highest BCUT2D eigenvalue weighted by atomic mass is 16.1. The summed E-state index contributed by atoms with van der Waals surface area (Å²) in [6, 6.07) is 12.4. The Labute approximate surface area is 209 Å². The third-order valence-electron chi connectivity index (χ3n) is 6.83. The molecule has 182 valence electrons. The zero-order valence-electron chi connectivity index (χ0n) is 20.3. The van der Waals surface area contributed by atoms with Gasteiger partial charge in [0, 0.05) is 48.2 Å². The summed E-state index contributed by atoms with van der Waals surface area (Å²) in [4.78, 5) is 27.1. The number of carbonyl (C=O) groups is 1. The minimum Gasteiger partial charge on any atom is -0.356 e. The van der Waals surface area contributed by atoms with Gasteiger partial charge in [0.25, 0.3) is 0 Å². The first-order valence-electron chi connectivity index (χ1n) is 12.7. The number of piperidine rings is 1. The molecule has 1 aromatic carbocycles. The second-order valence-electron chi connectivity index (χ2n) is 9.42. The highest BCUT2D eigenvalue weighted by molar-refractivity contribution is 6.00. The number of aromatic nitrogens is 5. The number of benzene rings is 1. The van der Waals surface area contributed by atoms with Gasteiger partial charge in [0.1, 0.15) is 11.5 Å². The van der Waals surface area contributed by atoms with Crippen molar-refractivity contribution in [2.75, 3.05) is 23.3 Å². The van der Waals surface area contributed by atoms with E-state index < -0.39 is 0 Å². The van der Waals surface area contributed by atoms with Gasteiger partial charge in [-0.2, -0.15) is 5.10 Å². The van der Waals surface area contributed by atoms with E-state index in [1.807, 2.05) is 43.6 Å². The van der Waals surface area contributed by atoms with Crippen molar-refractivity contribution in [3.8, 4) is 22.5 Å². The summed E-state index contributed by atoms with van der Waals surface area (Å²) in [7, 11) is 0. The second-order valence-corrected chi connectivity index (χ2v) is 9.42. The van der Waals surface area contributed by atoms with Gasteiger partial charge in [-0.1, -0.05) is 13.0 Å². The molecule has 0 unspecified atom stereocenters. The largest absolute Gasteiger partial charge is 0.356 e. The number of fused-ring (bicyclic) bond motifs is 2. The maximum atomic E-state index is 12.0. The van der Waals surface area contributed by atoms with Crippen molar-refractivity contribution in [3.05, 3.63) is 55.0 Å². The number of hydrogen-bond donors (Lipinski definition) is 3. The first-order valence-corrected chi connectivity index (χ1v) is 12.7. The predicted octanol–water partition coefficient (Wildman–Crippen LogP) is 5.90. The molecule has 8 heteroatoms. The number of amides is 1. The second kappa shape index (κ2) is 9.45. The molecule has 1 fully saturated rings. The summed E-state index contributed by atoms with van der Waals surface area (Å²) >= 11 is 0. The summed E-state index contributed by atoms with van der Waals surface area (Å²) in [6.07, 6.45) is 10.4. The number of hydrogen-bond acceptors (Lipinski definition) is 5. The van der Waals surface area contributed by atoms with Crippen LogP contribution in [0.2, 0.25) is 0 Å². The Morgan fingerprint density at radius 2 is 1.89 bits per heavy atom. The van der Waals surface area contributed by atoms with Crippen LogP contribution in [0.15, 0.2) is 55.0 Å². The number of H-pyrrole nitrogens is 2. The van der Waals surface area contributed by atoms with Crippen molar-refractivity contribution in [1.29, 1.82) is 0 Å². The van der Waals surface area contributed by atoms with Crippen LogP contribution in [0.1, 0.15) is 39.0 Å². The quantitative estimate of drug-likeness (QED) is 0.281. The zero-order chi connectivity index (χ0) is 24.5. The van der Waals surface area contributed by atoms with Gasteiger partial charge in [-0.3, -0.25) is 14.9 Å². The molecule has 5 aromatic rings. The normalized spacial score (nSPS) is 14.0. The molecule has 0 aliphatic carbocycles. The van der Waals surface area contributed by atoms with Gasteiger partial charge in [0.2, 0.25) is 5.91 Å². The Kier molecular flexibility index (Phi) is 5.85. The van der Waals surface area contributed by atoms with Gasteiger partial charge in [-0.25, -0.2) is 4.98 Å². The molecule has 1 saturated heterocycles. The zero-order valence-corrected chi connectivity index (χ0v) is 20.3. The Morgan fingerprint density at radius 1 is 1.00 bits per heavy atom. The van der Waals surface area contributed by atoms with Crippen molar-refractivity contribution in [1.82, 2.24) is 25.1 Å². The molecule has 1 aliphatic rings. The number of pyridine rings is 2. The molecule has 36 heavy (non-hydrogen) atoms. The Morgan fingerprint density at radius 3 is 2.75 bits per heavy atom. The van der Waals surface area contributed by atoms with Gasteiger partial charge in [-0.15, -0.1) is 0 Å². The Hall–Kier alpha value is -4.20. The van der Waals surface area contributed by atoms with Crippen LogP contribution < -0.4 is 10.2 Å². The molecule has 5 heterocycles. The monoisotopic (exact) mass is 479 g/mol. The summed E-state index contributed by atoms with van der Waals surface area (Å²) in [5.41, 5.74) is 6.50. The molecular formula is C28H29N7O. The average Bonchev–Trinajstić information content (AvgIpc) is 3.53. The van der Waals surface area contributed by atoms with E-state index >= 15 is 0 Å². The fourth-order valence-electron chi connectivity index (χ4n) is 5.04. The van der Waals surface area contributed by atoms with Crippen molar-refractivity contribution in [3.63, 3.8) is 0 Å². The van der Waals surface area contributed by atoms with Crippen molar-refractivity contribution in [2.24, 2.45) is 0 Å². The lowest BCUT2D eigenvalue weighted by molar-refractivity contribution is -0.116. The molecule has 0 saturated carbocycles. The smallest absolute Gasteiger partial charge is 0.224 e. The van der Waals surface area contributed by atoms with E-state index in [-0.39, 0.29) is 5.91 Å². The number of aromatic amines is 2. The number of carbonyl (C=O) groups excluding carboxylic acids is 1. The standard InChI is InChI=1S/C28H29N7O/c1-2-6-26(36)31-20-13-19(16-29-17-20)18-7-8-24-21(14-18)27(34-33-24)25-15-22-23(32-25)9-10-30-28(22)35-11-4-3-5-12-35/h7-10,13-17,32H,2-6,11-12H2,1H3,(H,31,36)(H,33,34). The summed E-state index contributed by atoms with van der Waals surface area (Å²) in [5.74, 6) is 1.05. The summed E-state index contributed by atoms with van der Waals surface area (Å²) in [6.45, 7) is 4.09. The lowest BCUT2D eigenvalue weighted by Gasteiger charge is -2.28. The molecule has 0 bridgehead atoms. The minimum atomic E-state index is 0.00115. The first kappa shape index (κ1) is 22.3. The number of nitrogens with one attached hydrogen (secondary N) is 3. The number of anilines is 2. The molecule has 1 aliphatic heterocycles. The number of nitrogens with zero attached hydrogens (tertiary/aromatic N) is 4. The van der Waals surface area contributed by atoms with Crippen molar-refractivity contribution >= 4 is 39.2 Å². The van der Waals surface area contributed by atoms with E-state index in [1.165, 1.54) is 19.3 Å². The van der Waals surface area contributed by atoms with Crippen LogP contribution in [0, 0.1) is 0 Å². The molecule has 8 nitrogen and oxygen atoms in total. The van der Waals surface area contributed by atoms with Crippen LogP contribution in [-0.2, 0) is 4.79 Å². The summed E-state index contributed by atoms with van der Waals surface area (Å²) in [5, 5.41) is 12.9. The predicted molar refractivity (Wildman–Crippen MR) is 144 cm³/mol. The fraction of sp³-hybridized carbons (Fsp3) is 0.286. The summed E-state index contributed by atoms with van der Waals surface area (Å²) < 4.78 is 0. The van der Waals surface area contributed by atoms with E-state index in [0.717, 1.165) is 69.6 Å². The molecule has 6 rings (SSSR count). The van der Waals surface area contributed by atoms with E-state index in [2.05, 4.69) is 42.5 Å². The molecule has 0 spiro atoms. The van der Waals surface area contributed by atoms with Crippen LogP contribution in [0.4, 0.5) is 11.5 Å². The van der Waals surface area contributed by atoms with E-state index in [9.17, 15) is 4.79 Å². The van der Waals surface area contributed by atoms with Gasteiger partial charge in [-0.05, 0) is 61.6 Å². The highest BCUT2D eigenvalue weighted by Gasteiger charge is 2.18. The Bertz CT molecular complexity index is 1540. The first-order chi connectivity index (χ1) is 17.7. The highest BCUT2D eigenvalue weighted by Crippen LogP contribution is 2.34. The lowest BCUT2D eigenvalue weighted by Crippen LogP contribution is -2.30. The van der Waals surface area contributed by atoms with Crippen LogP contribution >= 0.6 is 0 Å². The maximum absolute atomic E-state index is 12.0. The minimum absolute atomic E-state index is 0.00115. The maximum Gasteiger partial charge on any atom is 0.224 e. The molecule has 0 radical (unpaired) electrons. The van der Waals surface area contributed by atoms with Crippen LogP contribution in [0.3, 0.4) is 0 Å². The van der Waals surface area contributed by atoms with Crippen LogP contribution in [0.25, 0.3) is 44.3 Å². The van der Waals surface area contributed by atoms with Gasteiger partial charge >= 0.3 is 0 Å². The molecule has 0 atom stereocenters. The van der Waals surface area contributed by atoms with Crippen molar-refractivity contribution in [2.45, 2.75) is 39.0 Å². The lowest BCUT2D eigenvalue weighted by atomic mass is 10.0. The average molecular weight is 480 g/mol. The molecule has 3 N–H and O–H groups in total. The third-order valence-corrected chi connectivity index (χ3v) is 6.83. The SMILES string of the molecule is CCCC(=O)Nc1cncc(-c2ccc3[nH]nc(-c4cc5c(N6CCCCC6)nccc5[nH]4)c3c2)c1. The number of rotatable bonds is 6. The fourth-order valence-corrected chi connectivity index (χ4v) is 5.04. The molecule has 4 aromatic heterocycles. The Balaban J connectivity index is 1.37. The van der Waals surface area contributed by atoms with Gasteiger partial charge < -0.3 is 15.2 Å². The van der Waals surface area contributed by atoms with Crippen molar-refractivity contribution < 1.29 is 4.79 Å². The third kappa shape index (κ3) is 4.19. The molecular weight excluding hydrogens is 450 g/mol.